The van der Waals surface area contributed by atoms with Gasteiger partial charge in [-0.2, -0.15) is 0 Å². The number of carbonyl (C=O) groups excluding carboxylic acids is 1. The molecule has 0 aliphatic heterocycles. The first-order chi connectivity index (χ1) is 13.0. The molecule has 0 spiro atoms. The van der Waals surface area contributed by atoms with E-state index in [-0.39, 0.29) is 5.91 Å². The van der Waals surface area contributed by atoms with Crippen LogP contribution in [0.15, 0.2) is 60.6 Å². The summed E-state index contributed by atoms with van der Waals surface area (Å²) in [7, 11) is 1.50. The molecule has 3 rings (SSSR count). The molecule has 2 heterocycles. The number of aromatic amines is 1. The smallest absolute Gasteiger partial charge is 0.256 e. The van der Waals surface area contributed by atoms with Crippen molar-refractivity contribution in [3.63, 3.8) is 0 Å². The third-order valence-corrected chi connectivity index (χ3v) is 4.41. The molecule has 0 fully saturated rings. The maximum Gasteiger partial charge on any atom is 0.256 e. The molecule has 0 aliphatic rings. The minimum absolute atomic E-state index is 0.348. The lowest BCUT2D eigenvalue weighted by Gasteiger charge is -2.14. The summed E-state index contributed by atoms with van der Waals surface area (Å²) >= 11 is 6.41. The molecule has 0 bridgehead atoms. The van der Waals surface area contributed by atoms with E-state index in [1.54, 1.807) is 37.5 Å². The molecule has 4 N–H and O–H groups in total. The van der Waals surface area contributed by atoms with Gasteiger partial charge >= 0.3 is 0 Å². The fourth-order valence-corrected chi connectivity index (χ4v) is 3.18. The van der Waals surface area contributed by atoms with E-state index in [2.05, 4.69) is 21.9 Å². The van der Waals surface area contributed by atoms with E-state index in [0.29, 0.717) is 33.1 Å². The fraction of sp³-hybridized carbons (Fsp3) is 0.100. The molecule has 0 saturated carbocycles. The minimum Gasteiger partial charge on any atom is -0.493 e. The lowest BCUT2D eigenvalue weighted by molar-refractivity contribution is -0.112. The Bertz CT molecular complexity index is 1110. The van der Waals surface area contributed by atoms with Crippen LogP contribution in [-0.4, -0.2) is 23.0 Å². The van der Waals surface area contributed by atoms with Crippen LogP contribution in [-0.2, 0) is 4.79 Å². The Morgan fingerprint density at radius 3 is 2.89 bits per heavy atom. The number of H-pyrrole nitrogens is 1. The molecule has 0 radical (unpaired) electrons. The van der Waals surface area contributed by atoms with E-state index < -0.39 is 0 Å². The number of ether oxygens (including phenoxy) is 1. The van der Waals surface area contributed by atoms with Gasteiger partial charge in [-0.15, -0.1) is 0 Å². The van der Waals surface area contributed by atoms with Crippen LogP contribution in [0.4, 0.5) is 5.69 Å². The van der Waals surface area contributed by atoms with Crippen molar-refractivity contribution in [1.82, 2.24) is 9.97 Å². The van der Waals surface area contributed by atoms with Gasteiger partial charge < -0.3 is 20.8 Å². The second kappa shape index (κ2) is 7.55. The van der Waals surface area contributed by atoms with Gasteiger partial charge in [-0.1, -0.05) is 18.2 Å². The van der Waals surface area contributed by atoms with Gasteiger partial charge in [-0.05, 0) is 43.0 Å². The summed E-state index contributed by atoms with van der Waals surface area (Å²) in [4.78, 5) is 20.3. The van der Waals surface area contributed by atoms with Crippen molar-refractivity contribution in [3.8, 4) is 5.75 Å². The van der Waals surface area contributed by atoms with Gasteiger partial charge in [0, 0.05) is 22.5 Å². The number of halogens is 1. The molecule has 0 aliphatic carbocycles. The van der Waals surface area contributed by atoms with Crippen LogP contribution in [0, 0.1) is 0 Å². The number of anilines is 1. The number of methoxy groups -OCH3 is 1. The normalized spacial score (nSPS) is 12.0. The molecular weight excluding hydrogens is 364 g/mol. The summed E-state index contributed by atoms with van der Waals surface area (Å²) in [6, 6.07) is 3.69. The number of nitrogens with zero attached hydrogens (tertiary/aromatic N) is 1. The number of carbonyl (C=O) groups is 1. The zero-order valence-corrected chi connectivity index (χ0v) is 15.7. The maximum atomic E-state index is 12.9. The summed E-state index contributed by atoms with van der Waals surface area (Å²) in [5, 5.41) is 5.09. The van der Waals surface area contributed by atoms with Gasteiger partial charge in [0.1, 0.15) is 5.69 Å². The number of rotatable bonds is 5. The van der Waals surface area contributed by atoms with Crippen molar-refractivity contribution in [1.29, 1.82) is 0 Å². The zero-order valence-electron chi connectivity index (χ0n) is 15.0. The van der Waals surface area contributed by atoms with Crippen LogP contribution in [0.1, 0.15) is 6.92 Å². The van der Waals surface area contributed by atoms with Crippen LogP contribution < -0.4 is 15.8 Å². The van der Waals surface area contributed by atoms with E-state index in [1.165, 1.54) is 13.3 Å². The first kappa shape index (κ1) is 18.5. The Morgan fingerprint density at radius 2 is 2.22 bits per heavy atom. The highest BCUT2D eigenvalue weighted by Crippen LogP contribution is 2.42. The van der Waals surface area contributed by atoms with Crippen LogP contribution in [0.2, 0.25) is 5.02 Å². The van der Waals surface area contributed by atoms with Crippen LogP contribution in [0.5, 0.6) is 5.75 Å². The largest absolute Gasteiger partial charge is 0.493 e. The van der Waals surface area contributed by atoms with Crippen molar-refractivity contribution >= 4 is 45.0 Å². The predicted molar refractivity (Wildman–Crippen MR) is 110 cm³/mol. The second-order valence-corrected chi connectivity index (χ2v) is 6.34. The number of amides is 1. The van der Waals surface area contributed by atoms with E-state index in [0.717, 1.165) is 16.3 Å². The number of fused-ring (bicyclic) bond motifs is 3. The third-order valence-electron chi connectivity index (χ3n) is 4.13. The van der Waals surface area contributed by atoms with Crippen molar-refractivity contribution < 1.29 is 9.53 Å². The molecule has 0 saturated heterocycles. The van der Waals surface area contributed by atoms with Gasteiger partial charge in [0.05, 0.1) is 29.4 Å². The molecule has 6 nitrogen and oxygen atoms in total. The monoisotopic (exact) mass is 382 g/mol. The first-order valence-electron chi connectivity index (χ1n) is 8.15. The summed E-state index contributed by atoms with van der Waals surface area (Å²) in [6.07, 6.45) is 7.93. The van der Waals surface area contributed by atoms with Crippen LogP contribution >= 0.6 is 11.6 Å². The Labute approximate surface area is 161 Å². The molecule has 0 atom stereocenters. The Morgan fingerprint density at radius 1 is 1.44 bits per heavy atom. The number of nitrogens with two attached hydrogens (primary N) is 1. The Hall–Kier alpha value is -3.25. The Kier molecular flexibility index (Phi) is 5.19. The minimum atomic E-state index is -0.348. The van der Waals surface area contributed by atoms with Gasteiger partial charge in [0.25, 0.3) is 5.91 Å². The average Bonchev–Trinajstić information content (AvgIpc) is 3.00. The van der Waals surface area contributed by atoms with Crippen molar-refractivity contribution in [2.75, 3.05) is 12.4 Å². The third kappa shape index (κ3) is 3.39. The lowest BCUT2D eigenvalue weighted by Crippen LogP contribution is -2.16. The summed E-state index contributed by atoms with van der Waals surface area (Å²) in [6.45, 7) is 5.60. The fourth-order valence-electron chi connectivity index (χ4n) is 2.90. The number of aromatic nitrogens is 2. The van der Waals surface area contributed by atoms with Crippen molar-refractivity contribution in [2.24, 2.45) is 5.73 Å². The summed E-state index contributed by atoms with van der Waals surface area (Å²) < 4.78 is 5.44. The highest BCUT2D eigenvalue weighted by Gasteiger charge is 2.20. The Balaban J connectivity index is 2.20. The number of hydrogen-bond acceptors (Lipinski definition) is 4. The molecule has 1 aromatic carbocycles. The summed E-state index contributed by atoms with van der Waals surface area (Å²) in [5.41, 5.74) is 8.35. The van der Waals surface area contributed by atoms with Gasteiger partial charge in [-0.3, -0.25) is 9.78 Å². The van der Waals surface area contributed by atoms with E-state index >= 15 is 0 Å². The van der Waals surface area contributed by atoms with Crippen molar-refractivity contribution in [3.05, 3.63) is 65.6 Å². The first-order valence-corrected chi connectivity index (χ1v) is 8.53. The zero-order chi connectivity index (χ0) is 19.6. The number of allylic oxidation sites excluding steroid dienone is 2. The quantitative estimate of drug-likeness (QED) is 0.453. The molecule has 3 aromatic rings. The SMILES string of the molecule is C=C(C)/C(=C\C=C/N)C(=O)Nc1c(OC)c(Cl)cc2c1[nH]c1cnccc12. The highest BCUT2D eigenvalue weighted by atomic mass is 35.5. The van der Waals surface area contributed by atoms with E-state index in [4.69, 9.17) is 22.1 Å². The molecule has 2 aromatic heterocycles. The summed E-state index contributed by atoms with van der Waals surface area (Å²) in [5.74, 6) is 0.0201. The molecule has 0 unspecified atom stereocenters. The van der Waals surface area contributed by atoms with Crippen LogP contribution in [0.25, 0.3) is 21.8 Å². The lowest BCUT2D eigenvalue weighted by atomic mass is 10.1. The van der Waals surface area contributed by atoms with Gasteiger partial charge in [-0.25, -0.2) is 0 Å². The van der Waals surface area contributed by atoms with Gasteiger partial charge in [0.2, 0.25) is 0 Å². The predicted octanol–water partition coefficient (Wildman–Crippen LogP) is 4.29. The number of hydrogen-bond donors (Lipinski definition) is 3. The molecular formula is C20H19ClN4O2. The highest BCUT2D eigenvalue weighted by molar-refractivity contribution is 6.35. The molecule has 138 valence electrons. The van der Waals surface area contributed by atoms with Gasteiger partial charge in [0.15, 0.2) is 5.75 Å². The average molecular weight is 383 g/mol. The number of pyridine rings is 1. The molecule has 7 heteroatoms. The topological polar surface area (TPSA) is 93.0 Å². The van der Waals surface area contributed by atoms with Crippen LogP contribution in [0.3, 0.4) is 0 Å². The number of benzene rings is 1. The van der Waals surface area contributed by atoms with E-state index in [1.807, 2.05) is 6.07 Å². The molecule has 1 amide bonds. The van der Waals surface area contributed by atoms with Crippen molar-refractivity contribution in [2.45, 2.75) is 6.92 Å². The standard InChI is InChI=1S/C20H19ClN4O2/c1-11(2)12(5-4-7-22)20(26)25-18-17-14(9-15(21)19(18)27-3)13-6-8-23-10-16(13)24-17/h4-10,24H,1,22H2,2-3H3,(H,25,26)/b7-4-,12-5+. The number of nitrogens with one attached hydrogen (secondary N) is 2. The van der Waals surface area contributed by atoms with E-state index in [9.17, 15) is 4.79 Å². The maximum absolute atomic E-state index is 12.9. The molecule has 27 heavy (non-hydrogen) atoms. The second-order valence-electron chi connectivity index (χ2n) is 5.94.